The van der Waals surface area contributed by atoms with Crippen LogP contribution in [0.1, 0.15) is 21.6 Å². The van der Waals surface area contributed by atoms with Gasteiger partial charge in [-0.2, -0.15) is 10.4 Å². The van der Waals surface area contributed by atoms with E-state index >= 15 is 0 Å². The third kappa shape index (κ3) is 4.02. The Bertz CT molecular complexity index is 1030. The molecule has 1 heterocycles. The molecule has 7 heteroatoms. The van der Waals surface area contributed by atoms with Crippen LogP contribution in [0.25, 0.3) is 5.69 Å². The maximum atomic E-state index is 13.9. The highest BCUT2D eigenvalue weighted by Gasteiger charge is 2.11. The quantitative estimate of drug-likeness (QED) is 0.559. The van der Waals surface area contributed by atoms with Crippen molar-refractivity contribution in [3.05, 3.63) is 83.4 Å². The number of hydrogen-bond donors (Lipinski definition) is 1. The Kier molecular flexibility index (Phi) is 5.28. The molecule has 0 aliphatic heterocycles. The van der Waals surface area contributed by atoms with E-state index in [2.05, 4.69) is 10.5 Å². The fraction of sp³-hybridized carbons (Fsp3) is 0.0500. The van der Waals surface area contributed by atoms with Crippen molar-refractivity contribution in [3.63, 3.8) is 0 Å². The number of halogens is 1. The highest BCUT2D eigenvalue weighted by atomic mass is 19.1. The summed E-state index contributed by atoms with van der Waals surface area (Å²) in [5.74, 6) is -0.725. The van der Waals surface area contributed by atoms with Gasteiger partial charge in [0.05, 0.1) is 36.2 Å². The van der Waals surface area contributed by atoms with Gasteiger partial charge in [-0.05, 0) is 54.6 Å². The maximum Gasteiger partial charge on any atom is 0.274 e. The standard InChI is InChI=1S/C20H15FN4O2/c1-27-17-7-5-15(6-8-17)25-10-2-3-16(25)13-23-24-20(26)18-9-4-14(12-22)11-19(18)21/h2-11,13H,1H3,(H,24,26)/b23-13-. The Balaban J connectivity index is 1.73. The molecule has 0 aliphatic rings. The number of aromatic nitrogens is 1. The smallest absolute Gasteiger partial charge is 0.274 e. The first-order valence-electron chi connectivity index (χ1n) is 7.97. The molecule has 0 unspecified atom stereocenters. The number of hydrogen-bond acceptors (Lipinski definition) is 4. The molecule has 0 aliphatic carbocycles. The van der Waals surface area contributed by atoms with Crippen LogP contribution in [0.2, 0.25) is 0 Å². The second-order valence-electron chi connectivity index (χ2n) is 5.51. The van der Waals surface area contributed by atoms with E-state index in [1.54, 1.807) is 7.11 Å². The molecular formula is C20H15FN4O2. The van der Waals surface area contributed by atoms with Crippen molar-refractivity contribution in [2.24, 2.45) is 5.10 Å². The van der Waals surface area contributed by atoms with Gasteiger partial charge in [0.25, 0.3) is 5.91 Å². The van der Waals surface area contributed by atoms with Gasteiger partial charge in [-0.1, -0.05) is 0 Å². The first-order valence-corrected chi connectivity index (χ1v) is 7.97. The number of nitrogens with zero attached hydrogens (tertiary/aromatic N) is 3. The third-order valence-electron chi connectivity index (χ3n) is 3.84. The predicted octanol–water partition coefficient (Wildman–Crippen LogP) is 3.26. The molecule has 1 amide bonds. The number of ether oxygens (including phenoxy) is 1. The molecule has 0 fully saturated rings. The van der Waals surface area contributed by atoms with E-state index in [-0.39, 0.29) is 11.1 Å². The first-order chi connectivity index (χ1) is 13.1. The van der Waals surface area contributed by atoms with Crippen molar-refractivity contribution < 1.29 is 13.9 Å². The van der Waals surface area contributed by atoms with E-state index in [9.17, 15) is 9.18 Å². The zero-order valence-electron chi connectivity index (χ0n) is 14.4. The summed E-state index contributed by atoms with van der Waals surface area (Å²) < 4.78 is 20.9. The summed E-state index contributed by atoms with van der Waals surface area (Å²) in [5.41, 5.74) is 3.86. The minimum absolute atomic E-state index is 0.143. The van der Waals surface area contributed by atoms with Crippen molar-refractivity contribution in [1.29, 1.82) is 5.26 Å². The molecule has 134 valence electrons. The van der Waals surface area contributed by atoms with Crippen LogP contribution in [0.15, 0.2) is 65.9 Å². The molecule has 2 aromatic carbocycles. The molecule has 3 rings (SSSR count). The van der Waals surface area contributed by atoms with Gasteiger partial charge >= 0.3 is 0 Å². The second-order valence-corrected chi connectivity index (χ2v) is 5.51. The largest absolute Gasteiger partial charge is 0.497 e. The molecule has 1 N–H and O–H groups in total. The highest BCUT2D eigenvalue weighted by Crippen LogP contribution is 2.16. The Morgan fingerprint density at radius 3 is 2.70 bits per heavy atom. The zero-order chi connectivity index (χ0) is 19.2. The molecule has 0 saturated heterocycles. The number of nitrogens with one attached hydrogen (secondary N) is 1. The van der Waals surface area contributed by atoms with Crippen LogP contribution in [0.4, 0.5) is 4.39 Å². The van der Waals surface area contributed by atoms with Gasteiger partial charge in [-0.3, -0.25) is 4.79 Å². The van der Waals surface area contributed by atoms with Gasteiger partial charge in [0, 0.05) is 11.9 Å². The van der Waals surface area contributed by atoms with Crippen molar-refractivity contribution >= 4 is 12.1 Å². The topological polar surface area (TPSA) is 79.4 Å². The van der Waals surface area contributed by atoms with E-state index in [0.717, 1.165) is 23.2 Å². The SMILES string of the molecule is COc1ccc(-n2cccc2/C=N\NC(=O)c2ccc(C#N)cc2F)cc1. The Labute approximate surface area is 155 Å². The molecule has 6 nitrogen and oxygen atoms in total. The Hall–Kier alpha value is -3.92. The summed E-state index contributed by atoms with van der Waals surface area (Å²) in [6.07, 6.45) is 3.31. The molecule has 0 saturated carbocycles. The van der Waals surface area contributed by atoms with Crippen LogP contribution in [0.3, 0.4) is 0 Å². The summed E-state index contributed by atoms with van der Waals surface area (Å²) in [6.45, 7) is 0. The zero-order valence-corrected chi connectivity index (χ0v) is 14.4. The summed E-state index contributed by atoms with van der Waals surface area (Å²) >= 11 is 0. The van der Waals surface area contributed by atoms with Crippen LogP contribution in [-0.2, 0) is 0 Å². The van der Waals surface area contributed by atoms with Gasteiger partial charge in [0.1, 0.15) is 11.6 Å². The van der Waals surface area contributed by atoms with Crippen molar-refractivity contribution in [2.75, 3.05) is 7.11 Å². The van der Waals surface area contributed by atoms with E-state index in [1.807, 2.05) is 53.2 Å². The van der Waals surface area contributed by atoms with Crippen LogP contribution in [0.5, 0.6) is 5.75 Å². The minimum atomic E-state index is -0.775. The first kappa shape index (κ1) is 17.9. The fourth-order valence-electron chi connectivity index (χ4n) is 2.46. The lowest BCUT2D eigenvalue weighted by atomic mass is 10.1. The molecule has 0 radical (unpaired) electrons. The van der Waals surface area contributed by atoms with Crippen molar-refractivity contribution in [3.8, 4) is 17.5 Å². The van der Waals surface area contributed by atoms with E-state index in [0.29, 0.717) is 0 Å². The molecule has 1 aromatic heterocycles. The molecule has 0 spiro atoms. The number of rotatable bonds is 5. The van der Waals surface area contributed by atoms with Crippen LogP contribution < -0.4 is 10.2 Å². The number of nitriles is 1. The van der Waals surface area contributed by atoms with E-state index in [4.69, 9.17) is 10.00 Å². The molecule has 0 atom stereocenters. The number of carbonyl (C=O) groups excluding carboxylic acids is 1. The predicted molar refractivity (Wildman–Crippen MR) is 98.5 cm³/mol. The maximum absolute atomic E-state index is 13.9. The number of benzene rings is 2. The van der Waals surface area contributed by atoms with Gasteiger partial charge in [0.15, 0.2) is 0 Å². The van der Waals surface area contributed by atoms with Gasteiger partial charge in [-0.25, -0.2) is 9.82 Å². The summed E-state index contributed by atoms with van der Waals surface area (Å²) in [7, 11) is 1.60. The summed E-state index contributed by atoms with van der Waals surface area (Å²) in [4.78, 5) is 12.1. The number of methoxy groups -OCH3 is 1. The van der Waals surface area contributed by atoms with Crippen molar-refractivity contribution in [1.82, 2.24) is 9.99 Å². The highest BCUT2D eigenvalue weighted by molar-refractivity contribution is 5.95. The molecular weight excluding hydrogens is 347 g/mol. The van der Waals surface area contributed by atoms with Gasteiger partial charge < -0.3 is 9.30 Å². The second kappa shape index (κ2) is 7.97. The average molecular weight is 362 g/mol. The fourth-order valence-corrected chi connectivity index (χ4v) is 2.46. The minimum Gasteiger partial charge on any atom is -0.497 e. The summed E-state index contributed by atoms with van der Waals surface area (Å²) in [6, 6.07) is 16.6. The van der Waals surface area contributed by atoms with Crippen molar-refractivity contribution in [2.45, 2.75) is 0 Å². The van der Waals surface area contributed by atoms with E-state index in [1.165, 1.54) is 18.3 Å². The monoisotopic (exact) mass is 362 g/mol. The normalized spacial score (nSPS) is 10.6. The summed E-state index contributed by atoms with van der Waals surface area (Å²) in [5, 5.41) is 12.6. The molecule has 27 heavy (non-hydrogen) atoms. The molecule has 0 bridgehead atoms. The molecule has 3 aromatic rings. The lowest BCUT2D eigenvalue weighted by Crippen LogP contribution is -2.19. The third-order valence-corrected chi connectivity index (χ3v) is 3.84. The Morgan fingerprint density at radius 2 is 2.04 bits per heavy atom. The van der Waals surface area contributed by atoms with Gasteiger partial charge in [0.2, 0.25) is 0 Å². The Morgan fingerprint density at radius 1 is 1.26 bits per heavy atom. The lowest BCUT2D eigenvalue weighted by Gasteiger charge is -2.07. The van der Waals surface area contributed by atoms with Crippen LogP contribution in [-0.4, -0.2) is 23.8 Å². The average Bonchev–Trinajstić information content (AvgIpc) is 3.16. The van der Waals surface area contributed by atoms with E-state index < -0.39 is 11.7 Å². The van der Waals surface area contributed by atoms with Crippen LogP contribution >= 0.6 is 0 Å². The number of amides is 1. The lowest BCUT2D eigenvalue weighted by molar-refractivity contribution is 0.0951. The van der Waals surface area contributed by atoms with Gasteiger partial charge in [-0.15, -0.1) is 0 Å². The number of carbonyl (C=O) groups is 1. The number of hydrazone groups is 1. The van der Waals surface area contributed by atoms with Crippen LogP contribution in [0, 0.1) is 17.1 Å².